The van der Waals surface area contributed by atoms with Gasteiger partial charge in [0, 0.05) is 11.8 Å². The summed E-state index contributed by atoms with van der Waals surface area (Å²) in [6, 6.07) is 59.1. The summed E-state index contributed by atoms with van der Waals surface area (Å²) in [5.74, 6) is 2.74. The van der Waals surface area contributed by atoms with Gasteiger partial charge in [-0.25, -0.2) is 0 Å². The predicted molar refractivity (Wildman–Crippen MR) is 245 cm³/mol. The minimum atomic E-state index is 0.302. The number of nitrogens with zero attached hydrogens (tertiary/aromatic N) is 4. The Labute approximate surface area is 366 Å². The number of hydrogen-bond donors (Lipinski definition) is 0. The molecule has 6 heteroatoms. The van der Waals surface area contributed by atoms with Crippen LogP contribution in [0.5, 0.6) is 11.5 Å². The van der Waals surface area contributed by atoms with Crippen molar-refractivity contribution in [3.63, 3.8) is 0 Å². The normalized spacial score (nSPS) is 12.7. The van der Waals surface area contributed by atoms with Crippen molar-refractivity contribution in [1.82, 2.24) is 18.5 Å². The molecule has 0 N–H and O–H groups in total. The van der Waals surface area contributed by atoms with Gasteiger partial charge in [0.05, 0.1) is 0 Å². The van der Waals surface area contributed by atoms with Gasteiger partial charge in [-0.15, -0.1) is 0 Å². The Kier molecular flexibility index (Phi) is 9.50. The van der Waals surface area contributed by atoms with E-state index in [-0.39, 0.29) is 0 Å². The topological polar surface area (TPSA) is 36.4 Å². The molecule has 4 bridgehead atoms. The molecule has 2 aliphatic heterocycles. The molecule has 5 nitrogen and oxygen atoms in total. The van der Waals surface area contributed by atoms with E-state index in [1.54, 1.807) is 0 Å². The zero-order chi connectivity index (χ0) is 41.0. The SMILES string of the molecule is CC(C)c1cc(-n2c3ccc(-c4ccccc4)cc3c3ccc(Oc4cccc(-n5cc6c7ccc(n6[c]5=[Pt])CCc5ccc(cc5)CC7)c4)cc32)ncc1-c1ccccc1. The minimum Gasteiger partial charge on any atom is -0.0622 e. The van der Waals surface area contributed by atoms with Crippen molar-refractivity contribution >= 4 is 27.3 Å². The van der Waals surface area contributed by atoms with Crippen LogP contribution in [-0.2, 0) is 45.0 Å². The van der Waals surface area contributed by atoms with Crippen molar-refractivity contribution in [2.45, 2.75) is 45.4 Å². The summed E-state index contributed by atoms with van der Waals surface area (Å²) < 4.78 is 15.0. The molecule has 0 radical (unpaired) electrons. The monoisotopic (exact) mass is 971 g/mol. The molecule has 0 fully saturated rings. The maximum absolute atomic E-state index is 6.80. The smallest absolute Gasteiger partial charge is 0.0622 e. The van der Waals surface area contributed by atoms with Crippen molar-refractivity contribution < 1.29 is 24.1 Å². The van der Waals surface area contributed by atoms with E-state index in [2.05, 4.69) is 211 Å². The molecule has 6 aromatic carbocycles. The summed E-state index contributed by atoms with van der Waals surface area (Å²) in [5.41, 5.74) is 15.9. The van der Waals surface area contributed by atoms with Crippen LogP contribution in [0.25, 0.3) is 61.1 Å². The van der Waals surface area contributed by atoms with E-state index in [9.17, 15) is 0 Å². The third kappa shape index (κ3) is 6.88. The molecule has 300 valence electrons. The summed E-state index contributed by atoms with van der Waals surface area (Å²) in [4.78, 5) is 5.17. The Morgan fingerprint density at radius 3 is 2.08 bits per heavy atom. The molecule has 2 aliphatic carbocycles. The first-order valence-electron chi connectivity index (χ1n) is 21.2. The Bertz CT molecular complexity index is 3320. The minimum absolute atomic E-state index is 0.302. The Balaban J connectivity index is 1.00. The van der Waals surface area contributed by atoms with Crippen molar-refractivity contribution in [3.05, 3.63) is 208 Å². The maximum atomic E-state index is 6.80. The van der Waals surface area contributed by atoms with E-state index < -0.39 is 0 Å². The van der Waals surface area contributed by atoms with Crippen molar-refractivity contribution in [2.24, 2.45) is 0 Å². The molecular formula is C55H44N4OPt. The average Bonchev–Trinajstić information content (AvgIpc) is 3.82. The second-order valence-electron chi connectivity index (χ2n) is 16.5. The second kappa shape index (κ2) is 15.5. The fraction of sp³-hybridized carbons (Fsp3) is 0.127. The Morgan fingerprint density at radius 2 is 1.31 bits per heavy atom. The number of aryl methyl sites for hydroxylation is 4. The quantitative estimate of drug-likeness (QED) is 0.160. The fourth-order valence-corrected chi connectivity index (χ4v) is 10.2. The van der Waals surface area contributed by atoms with Crippen molar-refractivity contribution in [1.29, 1.82) is 0 Å². The number of aromatic nitrogens is 4. The van der Waals surface area contributed by atoms with E-state index in [0.29, 0.717) is 5.92 Å². The van der Waals surface area contributed by atoms with Crippen molar-refractivity contribution in [2.75, 3.05) is 0 Å². The summed E-state index contributed by atoms with van der Waals surface area (Å²) >= 11 is 2.50. The molecule has 0 saturated heterocycles. The number of imidazole rings is 1. The van der Waals surface area contributed by atoms with Gasteiger partial charge in [-0.2, -0.15) is 0 Å². The van der Waals surface area contributed by atoms with Crippen LogP contribution < -0.4 is 4.74 Å². The van der Waals surface area contributed by atoms with Crippen LogP contribution in [0.1, 0.15) is 47.7 Å². The first kappa shape index (κ1) is 37.4. The number of ether oxygens (including phenoxy) is 1. The zero-order valence-corrected chi connectivity index (χ0v) is 36.4. The molecular weight excluding hydrogens is 928 g/mol. The number of fused-ring (bicyclic) bond motifs is 3. The van der Waals surface area contributed by atoms with Gasteiger partial charge in [-0.05, 0) is 28.2 Å². The molecule has 4 aliphatic rings. The van der Waals surface area contributed by atoms with Gasteiger partial charge in [-0.3, -0.25) is 0 Å². The average molecular weight is 972 g/mol. The van der Waals surface area contributed by atoms with Gasteiger partial charge in [0.15, 0.2) is 0 Å². The van der Waals surface area contributed by atoms with Gasteiger partial charge < -0.3 is 0 Å². The molecule has 14 rings (SSSR count). The number of benzene rings is 6. The van der Waals surface area contributed by atoms with E-state index in [1.807, 2.05) is 12.3 Å². The standard InChI is InChI=1S/C55H44N4O.Pt/c1-37(2)49-33-55(56-34-51(49)41-12-7-4-8-13-41)59-52-29-24-43(40-10-5-3-6-11-40)30-50(52)48-28-27-47(32-53(48)59)60-46-15-9-14-45(31-46)57-35-54-42-22-20-38-16-18-39(19-17-38)21-25-44(26-23-42)58(54)36-57;/h3-19,23-24,26-35,37H,20-22,25H2,1-2H3;. The van der Waals surface area contributed by atoms with Crippen LogP contribution in [0, 0.1) is 3.80 Å². The van der Waals surface area contributed by atoms with Gasteiger partial charge in [0.25, 0.3) is 0 Å². The summed E-state index contributed by atoms with van der Waals surface area (Å²) in [7, 11) is 0. The van der Waals surface area contributed by atoms with Crippen LogP contribution in [0.3, 0.4) is 0 Å². The Morgan fingerprint density at radius 1 is 0.574 bits per heavy atom. The third-order valence-electron chi connectivity index (χ3n) is 12.3. The van der Waals surface area contributed by atoms with Crippen LogP contribution in [0.15, 0.2) is 176 Å². The molecule has 0 atom stereocenters. The first-order chi connectivity index (χ1) is 29.9. The third-order valence-corrected chi connectivity index (χ3v) is 13.4. The molecule has 61 heavy (non-hydrogen) atoms. The van der Waals surface area contributed by atoms with Gasteiger partial charge in [0.2, 0.25) is 0 Å². The van der Waals surface area contributed by atoms with Gasteiger partial charge >= 0.3 is 248 Å². The summed E-state index contributed by atoms with van der Waals surface area (Å²) in [5, 5.41) is 2.33. The number of rotatable bonds is 7. The van der Waals surface area contributed by atoms with E-state index in [1.165, 1.54) is 55.5 Å². The van der Waals surface area contributed by atoms with Crippen molar-refractivity contribution in [3.8, 4) is 45.3 Å². The van der Waals surface area contributed by atoms with Crippen LogP contribution in [0.2, 0.25) is 0 Å². The van der Waals surface area contributed by atoms with E-state index in [4.69, 9.17) is 9.72 Å². The summed E-state index contributed by atoms with van der Waals surface area (Å²) in [6.07, 6.45) is 8.35. The van der Waals surface area contributed by atoms with E-state index in [0.717, 1.165) is 74.5 Å². The predicted octanol–water partition coefficient (Wildman–Crippen LogP) is 13.4. The first-order valence-corrected chi connectivity index (χ1v) is 22.3. The van der Waals surface area contributed by atoms with Gasteiger partial charge in [0.1, 0.15) is 0 Å². The van der Waals surface area contributed by atoms with Crippen LogP contribution in [-0.4, -0.2) is 18.5 Å². The molecule has 0 amide bonds. The van der Waals surface area contributed by atoms with Gasteiger partial charge in [-0.1, -0.05) is 80.6 Å². The molecule has 6 heterocycles. The van der Waals surface area contributed by atoms with Crippen LogP contribution >= 0.6 is 0 Å². The molecule has 0 saturated carbocycles. The fourth-order valence-electron chi connectivity index (χ4n) is 9.15. The molecule has 4 aromatic heterocycles. The second-order valence-corrected chi connectivity index (χ2v) is 17.5. The Hall–Kier alpha value is -6.55. The van der Waals surface area contributed by atoms with Crippen LogP contribution in [0.4, 0.5) is 0 Å². The number of pyridine rings is 2. The molecule has 0 unspecified atom stereocenters. The summed E-state index contributed by atoms with van der Waals surface area (Å²) in [6.45, 7) is 4.52. The van der Waals surface area contributed by atoms with E-state index >= 15 is 0 Å². The zero-order valence-electron chi connectivity index (χ0n) is 34.2. The molecule has 10 aromatic rings. The molecule has 0 spiro atoms. The number of hydrogen-bond acceptors (Lipinski definition) is 2.